The predicted octanol–water partition coefficient (Wildman–Crippen LogP) is 4.06. The summed E-state index contributed by atoms with van der Waals surface area (Å²) in [5.41, 5.74) is 3.59. The number of aromatic nitrogens is 1. The van der Waals surface area contributed by atoms with Gasteiger partial charge in [-0.3, -0.25) is 0 Å². The zero-order valence-electron chi connectivity index (χ0n) is 11.6. The maximum absolute atomic E-state index is 5.84. The Hall–Kier alpha value is -2.42. The van der Waals surface area contributed by atoms with Crippen molar-refractivity contribution in [3.8, 4) is 11.5 Å². The molecule has 20 heavy (non-hydrogen) atoms. The third-order valence-electron chi connectivity index (χ3n) is 3.45. The Morgan fingerprint density at radius 3 is 2.50 bits per heavy atom. The van der Waals surface area contributed by atoms with Crippen LogP contribution in [0.25, 0.3) is 10.9 Å². The molecule has 0 saturated carbocycles. The fraction of sp³-hybridized carbons (Fsp3) is 0.176. The molecule has 3 nitrogen and oxygen atoms in total. The number of benzene rings is 2. The second kappa shape index (κ2) is 5.29. The highest BCUT2D eigenvalue weighted by Crippen LogP contribution is 2.24. The van der Waals surface area contributed by atoms with Gasteiger partial charge >= 0.3 is 0 Å². The lowest BCUT2D eigenvalue weighted by Crippen LogP contribution is -1.95. The minimum absolute atomic E-state index is 0.553. The van der Waals surface area contributed by atoms with Gasteiger partial charge in [0.1, 0.15) is 18.1 Å². The van der Waals surface area contributed by atoms with Crippen LogP contribution in [0.4, 0.5) is 0 Å². The molecule has 1 aromatic heterocycles. The smallest absolute Gasteiger partial charge is 0.120 e. The number of aromatic amines is 1. The molecule has 2 aromatic carbocycles. The summed E-state index contributed by atoms with van der Waals surface area (Å²) in [5, 5.41) is 1.25. The van der Waals surface area contributed by atoms with Gasteiger partial charge in [-0.25, -0.2) is 0 Å². The summed E-state index contributed by atoms with van der Waals surface area (Å²) in [6.45, 7) is 2.67. The minimum Gasteiger partial charge on any atom is -0.497 e. The fourth-order valence-electron chi connectivity index (χ4n) is 2.40. The van der Waals surface area contributed by atoms with E-state index in [-0.39, 0.29) is 0 Å². The van der Waals surface area contributed by atoms with E-state index in [4.69, 9.17) is 9.47 Å². The van der Waals surface area contributed by atoms with E-state index in [0.717, 1.165) is 17.0 Å². The lowest BCUT2D eigenvalue weighted by atomic mass is 10.1. The average molecular weight is 267 g/mol. The Balaban J connectivity index is 1.79. The molecule has 0 unspecified atom stereocenters. The first-order valence-electron chi connectivity index (χ1n) is 6.60. The van der Waals surface area contributed by atoms with E-state index in [1.807, 2.05) is 30.5 Å². The standard InChI is InChI=1S/C17H17NO2/c1-12-4-3-5-16-17(12)13(10-18-16)11-20-15-8-6-14(19-2)7-9-15/h3-10,18H,11H2,1-2H3. The Morgan fingerprint density at radius 1 is 1.00 bits per heavy atom. The second-order valence-electron chi connectivity index (χ2n) is 4.78. The molecule has 0 bridgehead atoms. The Bertz CT molecular complexity index is 713. The first-order valence-corrected chi connectivity index (χ1v) is 6.60. The van der Waals surface area contributed by atoms with Crippen LogP contribution in [0.3, 0.4) is 0 Å². The van der Waals surface area contributed by atoms with Crippen molar-refractivity contribution >= 4 is 10.9 Å². The summed E-state index contributed by atoms with van der Waals surface area (Å²) in [4.78, 5) is 3.28. The normalized spacial score (nSPS) is 10.7. The maximum Gasteiger partial charge on any atom is 0.120 e. The molecule has 0 aliphatic carbocycles. The monoisotopic (exact) mass is 267 g/mol. The van der Waals surface area contributed by atoms with E-state index in [1.165, 1.54) is 16.5 Å². The van der Waals surface area contributed by atoms with Crippen molar-refractivity contribution in [3.05, 3.63) is 59.8 Å². The highest BCUT2D eigenvalue weighted by Gasteiger charge is 2.06. The number of fused-ring (bicyclic) bond motifs is 1. The number of hydrogen-bond acceptors (Lipinski definition) is 2. The average Bonchev–Trinajstić information content (AvgIpc) is 2.90. The topological polar surface area (TPSA) is 34.2 Å². The van der Waals surface area contributed by atoms with Crippen LogP contribution in [0, 0.1) is 6.92 Å². The summed E-state index contributed by atoms with van der Waals surface area (Å²) in [6, 6.07) is 13.9. The van der Waals surface area contributed by atoms with Crippen LogP contribution in [0.15, 0.2) is 48.7 Å². The summed E-state index contributed by atoms with van der Waals surface area (Å²) < 4.78 is 11.0. The number of nitrogens with one attached hydrogen (secondary N) is 1. The highest BCUT2D eigenvalue weighted by atomic mass is 16.5. The van der Waals surface area contributed by atoms with Gasteiger partial charge in [0.05, 0.1) is 7.11 Å². The van der Waals surface area contributed by atoms with Crippen LogP contribution in [-0.2, 0) is 6.61 Å². The molecule has 1 heterocycles. The van der Waals surface area contributed by atoms with Gasteiger partial charge in [0, 0.05) is 22.7 Å². The molecule has 0 aliphatic rings. The van der Waals surface area contributed by atoms with Crippen LogP contribution in [-0.4, -0.2) is 12.1 Å². The summed E-state index contributed by atoms with van der Waals surface area (Å²) >= 11 is 0. The molecule has 3 heteroatoms. The van der Waals surface area contributed by atoms with Crippen LogP contribution >= 0.6 is 0 Å². The van der Waals surface area contributed by atoms with Crippen LogP contribution in [0.1, 0.15) is 11.1 Å². The van der Waals surface area contributed by atoms with E-state index in [0.29, 0.717) is 6.61 Å². The predicted molar refractivity (Wildman–Crippen MR) is 80.4 cm³/mol. The van der Waals surface area contributed by atoms with Gasteiger partial charge < -0.3 is 14.5 Å². The lowest BCUT2D eigenvalue weighted by molar-refractivity contribution is 0.307. The van der Waals surface area contributed by atoms with Crippen molar-refractivity contribution in [2.24, 2.45) is 0 Å². The zero-order chi connectivity index (χ0) is 13.9. The van der Waals surface area contributed by atoms with Crippen molar-refractivity contribution in [2.75, 3.05) is 7.11 Å². The number of aryl methyl sites for hydroxylation is 1. The van der Waals surface area contributed by atoms with Gasteiger partial charge in [-0.1, -0.05) is 12.1 Å². The van der Waals surface area contributed by atoms with Crippen molar-refractivity contribution in [2.45, 2.75) is 13.5 Å². The molecule has 0 spiro atoms. The van der Waals surface area contributed by atoms with Crippen molar-refractivity contribution in [3.63, 3.8) is 0 Å². The number of ether oxygens (including phenoxy) is 2. The van der Waals surface area contributed by atoms with Crippen molar-refractivity contribution < 1.29 is 9.47 Å². The second-order valence-corrected chi connectivity index (χ2v) is 4.78. The van der Waals surface area contributed by atoms with Crippen LogP contribution in [0.2, 0.25) is 0 Å². The highest BCUT2D eigenvalue weighted by molar-refractivity contribution is 5.86. The number of methoxy groups -OCH3 is 1. The maximum atomic E-state index is 5.84. The molecule has 0 amide bonds. The Labute approximate surface area is 118 Å². The van der Waals surface area contributed by atoms with Gasteiger partial charge in [0.25, 0.3) is 0 Å². The number of rotatable bonds is 4. The Kier molecular flexibility index (Phi) is 3.33. The third-order valence-corrected chi connectivity index (χ3v) is 3.45. The molecule has 0 radical (unpaired) electrons. The van der Waals surface area contributed by atoms with Crippen molar-refractivity contribution in [1.29, 1.82) is 0 Å². The van der Waals surface area contributed by atoms with E-state index in [2.05, 4.69) is 30.1 Å². The molecule has 0 saturated heterocycles. The zero-order valence-corrected chi connectivity index (χ0v) is 11.6. The van der Waals surface area contributed by atoms with Gasteiger partial charge in [-0.15, -0.1) is 0 Å². The molecular weight excluding hydrogens is 250 g/mol. The summed E-state index contributed by atoms with van der Waals surface area (Å²) in [5.74, 6) is 1.68. The molecule has 1 N–H and O–H groups in total. The number of H-pyrrole nitrogens is 1. The third kappa shape index (κ3) is 2.35. The van der Waals surface area contributed by atoms with Gasteiger partial charge in [-0.2, -0.15) is 0 Å². The largest absolute Gasteiger partial charge is 0.497 e. The molecule has 3 aromatic rings. The van der Waals surface area contributed by atoms with E-state index >= 15 is 0 Å². The minimum atomic E-state index is 0.553. The fourth-order valence-corrected chi connectivity index (χ4v) is 2.40. The molecule has 102 valence electrons. The quantitative estimate of drug-likeness (QED) is 0.773. The van der Waals surface area contributed by atoms with Gasteiger partial charge in [0.2, 0.25) is 0 Å². The molecular formula is C17H17NO2. The van der Waals surface area contributed by atoms with Crippen LogP contribution < -0.4 is 9.47 Å². The summed E-state index contributed by atoms with van der Waals surface area (Å²) in [7, 11) is 1.66. The van der Waals surface area contributed by atoms with Crippen LogP contribution in [0.5, 0.6) is 11.5 Å². The molecule has 0 fully saturated rings. The van der Waals surface area contributed by atoms with E-state index in [1.54, 1.807) is 7.11 Å². The number of hydrogen-bond donors (Lipinski definition) is 1. The molecule has 0 aliphatic heterocycles. The van der Waals surface area contributed by atoms with Gasteiger partial charge in [0.15, 0.2) is 0 Å². The molecule has 3 rings (SSSR count). The van der Waals surface area contributed by atoms with Gasteiger partial charge in [-0.05, 0) is 42.8 Å². The van der Waals surface area contributed by atoms with E-state index < -0.39 is 0 Å². The molecule has 0 atom stereocenters. The van der Waals surface area contributed by atoms with Crippen molar-refractivity contribution in [1.82, 2.24) is 4.98 Å². The first kappa shape index (κ1) is 12.6. The Morgan fingerprint density at radius 2 is 1.75 bits per heavy atom. The van der Waals surface area contributed by atoms with E-state index in [9.17, 15) is 0 Å². The SMILES string of the molecule is COc1ccc(OCc2c[nH]c3cccc(C)c23)cc1. The lowest BCUT2D eigenvalue weighted by Gasteiger charge is -2.07. The first-order chi connectivity index (χ1) is 9.78. The summed E-state index contributed by atoms with van der Waals surface area (Å²) in [6.07, 6.45) is 2.02.